The molecule has 0 bridgehead atoms. The van der Waals surface area contributed by atoms with Gasteiger partial charge in [-0.05, 0) is 30.5 Å². The summed E-state index contributed by atoms with van der Waals surface area (Å²) in [5.74, 6) is 0.832. The third-order valence-corrected chi connectivity index (χ3v) is 3.49. The number of rotatable bonds is 6. The zero-order valence-electron chi connectivity index (χ0n) is 13.3. The molecule has 0 radical (unpaired) electrons. The summed E-state index contributed by atoms with van der Waals surface area (Å²) in [6.07, 6.45) is 2.50. The maximum absolute atomic E-state index is 11.8. The summed E-state index contributed by atoms with van der Waals surface area (Å²) < 4.78 is 5.17. The maximum atomic E-state index is 11.8. The summed E-state index contributed by atoms with van der Waals surface area (Å²) in [7, 11) is 0. The van der Waals surface area contributed by atoms with Crippen LogP contribution in [-0.2, 0) is 17.8 Å². The van der Waals surface area contributed by atoms with Crippen LogP contribution in [0.15, 0.2) is 28.7 Å². The number of carbonyl (C=O) groups excluding carboxylic acids is 2. The zero-order valence-corrected chi connectivity index (χ0v) is 13.3. The van der Waals surface area contributed by atoms with Gasteiger partial charge in [0.1, 0.15) is 0 Å². The molecule has 1 saturated carbocycles. The van der Waals surface area contributed by atoms with Crippen LogP contribution in [0.4, 0.5) is 10.5 Å². The van der Waals surface area contributed by atoms with Crippen molar-refractivity contribution in [1.82, 2.24) is 20.8 Å². The second kappa shape index (κ2) is 7.12. The van der Waals surface area contributed by atoms with E-state index in [0.29, 0.717) is 29.9 Å². The van der Waals surface area contributed by atoms with Crippen LogP contribution in [0, 0.1) is 6.92 Å². The molecule has 1 aliphatic carbocycles. The van der Waals surface area contributed by atoms with Crippen molar-refractivity contribution in [3.8, 4) is 0 Å². The second-order valence-corrected chi connectivity index (χ2v) is 5.74. The van der Waals surface area contributed by atoms with E-state index >= 15 is 0 Å². The minimum absolute atomic E-state index is 0.0332. The molecule has 8 nitrogen and oxygen atoms in total. The third-order valence-electron chi connectivity index (χ3n) is 3.49. The van der Waals surface area contributed by atoms with Crippen LogP contribution in [0.2, 0.25) is 0 Å². The standard InChI is InChI=1S/C16H19N5O3/c1-10-20-21-15(24-10)9-17-16(23)19-13-4-2-11(3-5-13)8-14(22)18-12-6-7-12/h2-5,12H,6-9H2,1H3,(H,18,22)(H2,17,19,23). The van der Waals surface area contributed by atoms with E-state index in [4.69, 9.17) is 4.42 Å². The fraction of sp³-hybridized carbons (Fsp3) is 0.375. The van der Waals surface area contributed by atoms with Crippen molar-refractivity contribution < 1.29 is 14.0 Å². The molecule has 8 heteroatoms. The molecular weight excluding hydrogens is 310 g/mol. The van der Waals surface area contributed by atoms with E-state index in [1.54, 1.807) is 19.1 Å². The number of nitrogens with zero attached hydrogens (tertiary/aromatic N) is 2. The summed E-state index contributed by atoms with van der Waals surface area (Å²) in [5.41, 5.74) is 1.54. The number of hydrogen-bond donors (Lipinski definition) is 3. The number of aromatic nitrogens is 2. The highest BCUT2D eigenvalue weighted by Crippen LogP contribution is 2.19. The number of nitrogens with one attached hydrogen (secondary N) is 3. The number of benzene rings is 1. The van der Waals surface area contributed by atoms with Crippen LogP contribution in [0.25, 0.3) is 0 Å². The van der Waals surface area contributed by atoms with E-state index in [0.717, 1.165) is 18.4 Å². The van der Waals surface area contributed by atoms with Gasteiger partial charge in [-0.1, -0.05) is 12.1 Å². The van der Waals surface area contributed by atoms with Gasteiger partial charge in [0.15, 0.2) is 0 Å². The molecule has 1 fully saturated rings. The first-order valence-corrected chi connectivity index (χ1v) is 7.80. The molecule has 24 heavy (non-hydrogen) atoms. The van der Waals surface area contributed by atoms with Gasteiger partial charge < -0.3 is 20.4 Å². The minimum Gasteiger partial charge on any atom is -0.424 e. The number of amides is 3. The molecule has 0 saturated heterocycles. The van der Waals surface area contributed by atoms with Gasteiger partial charge in [0.2, 0.25) is 17.7 Å². The number of hydrogen-bond acceptors (Lipinski definition) is 5. The predicted molar refractivity (Wildman–Crippen MR) is 86.2 cm³/mol. The van der Waals surface area contributed by atoms with Crippen LogP contribution in [0.3, 0.4) is 0 Å². The van der Waals surface area contributed by atoms with Crippen molar-refractivity contribution in [2.45, 2.75) is 38.8 Å². The number of carbonyl (C=O) groups is 2. The summed E-state index contributed by atoms with van der Waals surface area (Å²) in [4.78, 5) is 23.5. The molecular formula is C16H19N5O3. The molecule has 1 aromatic heterocycles. The Hall–Kier alpha value is -2.90. The van der Waals surface area contributed by atoms with Gasteiger partial charge >= 0.3 is 6.03 Å². The Kier molecular flexibility index (Phi) is 4.74. The van der Waals surface area contributed by atoms with Crippen LogP contribution >= 0.6 is 0 Å². The SMILES string of the molecule is Cc1nnc(CNC(=O)Nc2ccc(CC(=O)NC3CC3)cc2)o1. The largest absolute Gasteiger partial charge is 0.424 e. The average molecular weight is 329 g/mol. The van der Waals surface area contributed by atoms with Crippen LogP contribution in [-0.4, -0.2) is 28.2 Å². The molecule has 0 unspecified atom stereocenters. The third kappa shape index (κ3) is 4.80. The van der Waals surface area contributed by atoms with Gasteiger partial charge in [-0.15, -0.1) is 10.2 Å². The van der Waals surface area contributed by atoms with Crippen molar-refractivity contribution >= 4 is 17.6 Å². The highest BCUT2D eigenvalue weighted by atomic mass is 16.4. The quantitative estimate of drug-likeness (QED) is 0.744. The van der Waals surface area contributed by atoms with Crippen LogP contribution in [0.5, 0.6) is 0 Å². The highest BCUT2D eigenvalue weighted by Gasteiger charge is 2.23. The first-order valence-electron chi connectivity index (χ1n) is 7.80. The van der Waals surface area contributed by atoms with Gasteiger partial charge in [-0.3, -0.25) is 4.79 Å². The van der Waals surface area contributed by atoms with Crippen molar-refractivity contribution in [2.24, 2.45) is 0 Å². The molecule has 3 rings (SSSR count). The zero-order chi connectivity index (χ0) is 16.9. The molecule has 0 atom stereocenters. The number of anilines is 1. The van der Waals surface area contributed by atoms with E-state index in [-0.39, 0.29) is 18.5 Å². The van der Waals surface area contributed by atoms with Crippen LogP contribution in [0.1, 0.15) is 30.2 Å². The predicted octanol–water partition coefficient (Wildman–Crippen LogP) is 1.52. The van der Waals surface area contributed by atoms with Crippen LogP contribution < -0.4 is 16.0 Å². The topological polar surface area (TPSA) is 109 Å². The molecule has 1 aromatic carbocycles. The van der Waals surface area contributed by atoms with E-state index < -0.39 is 0 Å². The lowest BCUT2D eigenvalue weighted by Gasteiger charge is -2.07. The molecule has 3 N–H and O–H groups in total. The fourth-order valence-electron chi connectivity index (χ4n) is 2.14. The summed E-state index contributed by atoms with van der Waals surface area (Å²) in [5, 5.41) is 15.7. The molecule has 0 aliphatic heterocycles. The lowest BCUT2D eigenvalue weighted by atomic mass is 10.1. The lowest BCUT2D eigenvalue weighted by Crippen LogP contribution is -2.28. The monoisotopic (exact) mass is 329 g/mol. The first kappa shape index (κ1) is 16.0. The fourth-order valence-corrected chi connectivity index (χ4v) is 2.14. The molecule has 0 spiro atoms. The Morgan fingerprint density at radius 2 is 1.96 bits per heavy atom. The van der Waals surface area contributed by atoms with Crippen molar-refractivity contribution in [2.75, 3.05) is 5.32 Å². The van der Waals surface area contributed by atoms with Crippen molar-refractivity contribution in [3.05, 3.63) is 41.6 Å². The van der Waals surface area contributed by atoms with Gasteiger partial charge in [0.05, 0.1) is 13.0 Å². The minimum atomic E-state index is -0.370. The Morgan fingerprint density at radius 3 is 2.58 bits per heavy atom. The van der Waals surface area contributed by atoms with Crippen molar-refractivity contribution in [1.29, 1.82) is 0 Å². The summed E-state index contributed by atoms with van der Waals surface area (Å²) in [6, 6.07) is 7.16. The number of aryl methyl sites for hydroxylation is 1. The summed E-state index contributed by atoms with van der Waals surface area (Å²) in [6.45, 7) is 1.84. The van der Waals surface area contributed by atoms with E-state index in [9.17, 15) is 9.59 Å². The molecule has 1 heterocycles. The average Bonchev–Trinajstić information content (AvgIpc) is 3.26. The molecule has 126 valence electrons. The van der Waals surface area contributed by atoms with Gasteiger partial charge in [-0.25, -0.2) is 4.79 Å². The number of urea groups is 1. The van der Waals surface area contributed by atoms with E-state index in [2.05, 4.69) is 26.1 Å². The molecule has 1 aliphatic rings. The second-order valence-electron chi connectivity index (χ2n) is 5.74. The van der Waals surface area contributed by atoms with E-state index in [1.165, 1.54) is 0 Å². The Morgan fingerprint density at radius 1 is 1.21 bits per heavy atom. The highest BCUT2D eigenvalue weighted by molar-refractivity contribution is 5.89. The Bertz CT molecular complexity index is 722. The van der Waals surface area contributed by atoms with E-state index in [1.807, 2.05) is 12.1 Å². The smallest absolute Gasteiger partial charge is 0.319 e. The normalized spacial score (nSPS) is 13.4. The van der Waals surface area contributed by atoms with Crippen molar-refractivity contribution in [3.63, 3.8) is 0 Å². The van der Waals surface area contributed by atoms with Gasteiger partial charge in [0.25, 0.3) is 0 Å². The first-order chi connectivity index (χ1) is 11.6. The van der Waals surface area contributed by atoms with Gasteiger partial charge in [0, 0.05) is 18.7 Å². The Balaban J connectivity index is 1.44. The lowest BCUT2D eigenvalue weighted by molar-refractivity contribution is -0.120. The molecule has 3 amide bonds. The maximum Gasteiger partial charge on any atom is 0.319 e. The summed E-state index contributed by atoms with van der Waals surface area (Å²) >= 11 is 0. The molecule has 2 aromatic rings. The van der Waals surface area contributed by atoms with Gasteiger partial charge in [-0.2, -0.15) is 0 Å². The Labute approximate surface area is 139 Å².